The molecule has 0 aromatic carbocycles. The zero-order valence-electron chi connectivity index (χ0n) is 7.76. The van der Waals surface area contributed by atoms with Gasteiger partial charge in [0.15, 0.2) is 0 Å². The standard InChI is InChI=1S/C7H7F9/c1-5(10,11)2-6(12,13)3(8)4(9)7(14,15)16/h3-4H,2H2,1H3. The molecule has 98 valence electrons. The third-order valence-corrected chi connectivity index (χ3v) is 1.52. The molecule has 9 heteroatoms. The first-order valence-corrected chi connectivity index (χ1v) is 3.88. The highest BCUT2D eigenvalue weighted by Gasteiger charge is 2.58. The van der Waals surface area contributed by atoms with Crippen molar-refractivity contribution in [1.29, 1.82) is 0 Å². The molecule has 0 aliphatic heterocycles. The SMILES string of the molecule is CC(F)(F)CC(F)(F)C(F)C(F)C(F)(F)F. The second-order valence-electron chi connectivity index (χ2n) is 3.35. The first-order valence-electron chi connectivity index (χ1n) is 3.88. The number of halogens is 9. The van der Waals surface area contributed by atoms with Crippen LogP contribution in [0.25, 0.3) is 0 Å². The van der Waals surface area contributed by atoms with Crippen LogP contribution in [0.15, 0.2) is 0 Å². The minimum absolute atomic E-state index is 0.0333. The molecule has 0 nitrogen and oxygen atoms in total. The first kappa shape index (κ1) is 15.4. The summed E-state index contributed by atoms with van der Waals surface area (Å²) in [7, 11) is 0. The van der Waals surface area contributed by atoms with Gasteiger partial charge in [0.2, 0.25) is 12.3 Å². The Balaban J connectivity index is 4.76. The largest absolute Gasteiger partial charge is 0.422 e. The Labute approximate surface area is 84.4 Å². The van der Waals surface area contributed by atoms with Gasteiger partial charge in [-0.25, -0.2) is 26.3 Å². The normalized spacial score (nSPS) is 18.4. The predicted octanol–water partition coefficient (Wildman–Crippen LogP) is 3.91. The van der Waals surface area contributed by atoms with E-state index in [4.69, 9.17) is 0 Å². The van der Waals surface area contributed by atoms with Crippen LogP contribution >= 0.6 is 0 Å². The van der Waals surface area contributed by atoms with Gasteiger partial charge in [0.25, 0.3) is 11.8 Å². The van der Waals surface area contributed by atoms with Crippen LogP contribution in [0.2, 0.25) is 0 Å². The molecular formula is C7H7F9. The fraction of sp³-hybridized carbons (Fsp3) is 1.00. The van der Waals surface area contributed by atoms with Gasteiger partial charge >= 0.3 is 6.18 Å². The van der Waals surface area contributed by atoms with E-state index in [2.05, 4.69) is 0 Å². The van der Waals surface area contributed by atoms with E-state index >= 15 is 0 Å². The van der Waals surface area contributed by atoms with Crippen molar-refractivity contribution in [3.8, 4) is 0 Å². The molecule has 16 heavy (non-hydrogen) atoms. The van der Waals surface area contributed by atoms with Crippen LogP contribution in [-0.4, -0.2) is 30.4 Å². The van der Waals surface area contributed by atoms with Crippen molar-refractivity contribution in [2.45, 2.75) is 43.7 Å². The van der Waals surface area contributed by atoms with Gasteiger partial charge in [0.05, 0.1) is 6.42 Å². The summed E-state index contributed by atoms with van der Waals surface area (Å²) in [6.45, 7) is -0.0333. The summed E-state index contributed by atoms with van der Waals surface area (Å²) in [6, 6.07) is 0. The van der Waals surface area contributed by atoms with E-state index in [9.17, 15) is 39.5 Å². The van der Waals surface area contributed by atoms with E-state index < -0.39 is 36.8 Å². The average molecular weight is 262 g/mol. The zero-order chi connectivity index (χ0) is 13.4. The van der Waals surface area contributed by atoms with Crippen molar-refractivity contribution in [3.63, 3.8) is 0 Å². The van der Waals surface area contributed by atoms with E-state index in [0.717, 1.165) is 0 Å². The summed E-state index contributed by atoms with van der Waals surface area (Å²) in [5.74, 6) is -9.19. The zero-order valence-corrected chi connectivity index (χ0v) is 7.76. The second-order valence-corrected chi connectivity index (χ2v) is 3.35. The fourth-order valence-electron chi connectivity index (χ4n) is 0.891. The predicted molar refractivity (Wildman–Crippen MR) is 36.0 cm³/mol. The van der Waals surface area contributed by atoms with Crippen LogP contribution < -0.4 is 0 Å². The summed E-state index contributed by atoms with van der Waals surface area (Å²) in [5.41, 5.74) is 0. The van der Waals surface area contributed by atoms with Crippen molar-refractivity contribution < 1.29 is 39.5 Å². The average Bonchev–Trinajstić information content (AvgIpc) is 1.95. The molecule has 0 saturated carbocycles. The van der Waals surface area contributed by atoms with E-state index in [0.29, 0.717) is 0 Å². The molecule has 0 amide bonds. The third kappa shape index (κ3) is 4.48. The van der Waals surface area contributed by atoms with Gasteiger partial charge in [0, 0.05) is 0 Å². The summed E-state index contributed by atoms with van der Waals surface area (Å²) in [6.07, 6.45) is -17.2. The summed E-state index contributed by atoms with van der Waals surface area (Å²) in [5, 5.41) is 0. The topological polar surface area (TPSA) is 0 Å². The van der Waals surface area contributed by atoms with Gasteiger partial charge in [-0.2, -0.15) is 13.2 Å². The number of hydrogen-bond donors (Lipinski definition) is 0. The van der Waals surface area contributed by atoms with Gasteiger partial charge in [-0.05, 0) is 6.92 Å². The summed E-state index contributed by atoms with van der Waals surface area (Å²) >= 11 is 0. The Morgan fingerprint density at radius 3 is 1.44 bits per heavy atom. The fourth-order valence-corrected chi connectivity index (χ4v) is 0.891. The van der Waals surface area contributed by atoms with Crippen molar-refractivity contribution in [3.05, 3.63) is 0 Å². The molecule has 0 fully saturated rings. The molecule has 0 saturated heterocycles. The van der Waals surface area contributed by atoms with Gasteiger partial charge < -0.3 is 0 Å². The van der Waals surface area contributed by atoms with Gasteiger partial charge in [0.1, 0.15) is 0 Å². The van der Waals surface area contributed by atoms with Crippen LogP contribution in [0.3, 0.4) is 0 Å². The van der Waals surface area contributed by atoms with Crippen LogP contribution in [0.5, 0.6) is 0 Å². The minimum Gasteiger partial charge on any atom is -0.237 e. The van der Waals surface area contributed by atoms with E-state index in [1.54, 1.807) is 0 Å². The molecule has 0 N–H and O–H groups in total. The molecule has 0 aromatic heterocycles. The highest BCUT2D eigenvalue weighted by atomic mass is 19.4. The molecule has 0 spiro atoms. The Morgan fingerprint density at radius 2 is 1.19 bits per heavy atom. The lowest BCUT2D eigenvalue weighted by molar-refractivity contribution is -0.235. The number of hydrogen-bond acceptors (Lipinski definition) is 0. The summed E-state index contributed by atoms with van der Waals surface area (Å²) in [4.78, 5) is 0. The lowest BCUT2D eigenvalue weighted by Crippen LogP contribution is -2.46. The summed E-state index contributed by atoms with van der Waals surface area (Å²) < 4.78 is 108. The highest BCUT2D eigenvalue weighted by molar-refractivity contribution is 4.89. The monoisotopic (exact) mass is 262 g/mol. The quantitative estimate of drug-likeness (QED) is 0.674. The van der Waals surface area contributed by atoms with Crippen molar-refractivity contribution in [2.24, 2.45) is 0 Å². The molecule has 0 aliphatic carbocycles. The lowest BCUT2D eigenvalue weighted by Gasteiger charge is -2.26. The molecule has 2 unspecified atom stereocenters. The Morgan fingerprint density at radius 1 is 0.812 bits per heavy atom. The molecule has 0 radical (unpaired) electrons. The molecule has 2 atom stereocenters. The van der Waals surface area contributed by atoms with Crippen LogP contribution in [0.4, 0.5) is 39.5 Å². The first-order chi connectivity index (χ1) is 6.77. The number of rotatable bonds is 4. The third-order valence-electron chi connectivity index (χ3n) is 1.52. The van der Waals surface area contributed by atoms with Crippen molar-refractivity contribution in [2.75, 3.05) is 0 Å². The van der Waals surface area contributed by atoms with E-state index in [1.165, 1.54) is 0 Å². The highest BCUT2D eigenvalue weighted by Crippen LogP contribution is 2.39. The molecule has 0 bridgehead atoms. The molecule has 0 heterocycles. The van der Waals surface area contributed by atoms with Crippen LogP contribution in [-0.2, 0) is 0 Å². The Bertz CT molecular complexity index is 225. The lowest BCUT2D eigenvalue weighted by atomic mass is 10.0. The van der Waals surface area contributed by atoms with E-state index in [-0.39, 0.29) is 6.92 Å². The molecular weight excluding hydrogens is 255 g/mol. The maximum absolute atomic E-state index is 12.5. The Hall–Kier alpha value is -0.630. The van der Waals surface area contributed by atoms with Crippen LogP contribution in [0, 0.1) is 0 Å². The van der Waals surface area contributed by atoms with Gasteiger partial charge in [-0.3, -0.25) is 0 Å². The maximum atomic E-state index is 12.5. The van der Waals surface area contributed by atoms with Crippen LogP contribution in [0.1, 0.15) is 13.3 Å². The Kier molecular flexibility index (Phi) is 4.15. The van der Waals surface area contributed by atoms with Crippen molar-refractivity contribution in [1.82, 2.24) is 0 Å². The van der Waals surface area contributed by atoms with Gasteiger partial charge in [-0.1, -0.05) is 0 Å². The maximum Gasteiger partial charge on any atom is 0.422 e. The molecule has 0 rings (SSSR count). The van der Waals surface area contributed by atoms with E-state index in [1.807, 2.05) is 0 Å². The van der Waals surface area contributed by atoms with Gasteiger partial charge in [-0.15, -0.1) is 0 Å². The molecule has 0 aliphatic rings. The molecule has 0 aromatic rings. The van der Waals surface area contributed by atoms with Crippen molar-refractivity contribution >= 4 is 0 Å². The number of alkyl halides is 9. The second kappa shape index (κ2) is 4.33. The minimum atomic E-state index is -5.86. The smallest absolute Gasteiger partial charge is 0.237 e.